The maximum absolute atomic E-state index is 11.1. The topological polar surface area (TPSA) is 46.5 Å². The van der Waals surface area contributed by atoms with E-state index in [-0.39, 0.29) is 18.0 Å². The van der Waals surface area contributed by atoms with Crippen molar-refractivity contribution in [3.63, 3.8) is 0 Å². The molecule has 0 saturated carbocycles. The fourth-order valence-corrected chi connectivity index (χ4v) is 1.44. The molecule has 1 N–H and O–H groups in total. The number of carbonyl (C=O) groups excluding carboxylic acids is 1. The molecule has 0 spiro atoms. The Bertz CT molecular complexity index is 164. The van der Waals surface area contributed by atoms with E-state index in [4.69, 9.17) is 5.11 Å². The standard InChI is InChI=1S/C11H22O3/c1-11(2,9-10(13)14-3)7-5-4-6-8-12/h12H,4-9H2,1-3H3. The molecule has 0 aliphatic carbocycles. The van der Waals surface area contributed by atoms with Gasteiger partial charge in [-0.3, -0.25) is 4.79 Å². The molecular weight excluding hydrogens is 180 g/mol. The molecule has 0 aromatic rings. The molecule has 0 saturated heterocycles. The minimum absolute atomic E-state index is 0.0164. The SMILES string of the molecule is COC(=O)CC(C)(C)CCCCCO. The van der Waals surface area contributed by atoms with Crippen LogP contribution in [0.15, 0.2) is 0 Å². The van der Waals surface area contributed by atoms with E-state index in [1.807, 2.05) is 0 Å². The number of methoxy groups -OCH3 is 1. The molecule has 0 aromatic heterocycles. The maximum atomic E-state index is 11.1. The lowest BCUT2D eigenvalue weighted by Crippen LogP contribution is -2.18. The van der Waals surface area contributed by atoms with Crippen molar-refractivity contribution in [3.8, 4) is 0 Å². The second kappa shape index (κ2) is 6.82. The Morgan fingerprint density at radius 1 is 1.29 bits per heavy atom. The van der Waals surface area contributed by atoms with Crippen LogP contribution in [0.2, 0.25) is 0 Å². The lowest BCUT2D eigenvalue weighted by Gasteiger charge is -2.22. The first-order chi connectivity index (χ1) is 6.52. The third kappa shape index (κ3) is 6.89. The summed E-state index contributed by atoms with van der Waals surface area (Å²) in [4.78, 5) is 11.1. The largest absolute Gasteiger partial charge is 0.469 e. The highest BCUT2D eigenvalue weighted by molar-refractivity contribution is 5.69. The van der Waals surface area contributed by atoms with Crippen LogP contribution < -0.4 is 0 Å². The molecule has 0 rings (SSSR count). The zero-order valence-corrected chi connectivity index (χ0v) is 9.51. The minimum Gasteiger partial charge on any atom is -0.469 e. The molecule has 0 fully saturated rings. The van der Waals surface area contributed by atoms with Crippen molar-refractivity contribution in [2.24, 2.45) is 5.41 Å². The van der Waals surface area contributed by atoms with Gasteiger partial charge in [0, 0.05) is 6.61 Å². The highest BCUT2D eigenvalue weighted by atomic mass is 16.5. The van der Waals surface area contributed by atoms with Crippen molar-refractivity contribution < 1.29 is 14.6 Å². The first kappa shape index (κ1) is 13.4. The number of unbranched alkanes of at least 4 members (excludes halogenated alkanes) is 2. The fourth-order valence-electron chi connectivity index (χ4n) is 1.44. The molecule has 0 aliphatic rings. The summed E-state index contributed by atoms with van der Waals surface area (Å²) in [6, 6.07) is 0. The summed E-state index contributed by atoms with van der Waals surface area (Å²) >= 11 is 0. The summed E-state index contributed by atoms with van der Waals surface area (Å²) in [6.45, 7) is 4.41. The molecule has 3 nitrogen and oxygen atoms in total. The Labute approximate surface area is 86.5 Å². The second-order valence-corrected chi connectivity index (χ2v) is 4.45. The van der Waals surface area contributed by atoms with Gasteiger partial charge >= 0.3 is 5.97 Å². The van der Waals surface area contributed by atoms with E-state index < -0.39 is 0 Å². The fraction of sp³-hybridized carbons (Fsp3) is 0.909. The van der Waals surface area contributed by atoms with Crippen molar-refractivity contribution in [1.29, 1.82) is 0 Å². The molecule has 0 bridgehead atoms. The zero-order valence-electron chi connectivity index (χ0n) is 9.51. The van der Waals surface area contributed by atoms with Gasteiger partial charge in [0.15, 0.2) is 0 Å². The number of hydrogen-bond acceptors (Lipinski definition) is 3. The van der Waals surface area contributed by atoms with E-state index in [2.05, 4.69) is 18.6 Å². The summed E-state index contributed by atoms with van der Waals surface area (Å²) in [5, 5.41) is 8.61. The Morgan fingerprint density at radius 3 is 2.43 bits per heavy atom. The van der Waals surface area contributed by atoms with E-state index in [1.54, 1.807) is 0 Å². The monoisotopic (exact) mass is 202 g/mol. The van der Waals surface area contributed by atoms with Gasteiger partial charge in [-0.1, -0.05) is 26.7 Å². The van der Waals surface area contributed by atoms with Crippen LogP contribution in [0.1, 0.15) is 46.0 Å². The number of carbonyl (C=O) groups is 1. The van der Waals surface area contributed by atoms with E-state index in [9.17, 15) is 4.79 Å². The number of aliphatic hydroxyl groups excluding tert-OH is 1. The molecule has 0 unspecified atom stereocenters. The predicted molar refractivity (Wildman–Crippen MR) is 56.0 cm³/mol. The van der Waals surface area contributed by atoms with Gasteiger partial charge in [-0.15, -0.1) is 0 Å². The Hall–Kier alpha value is -0.570. The van der Waals surface area contributed by atoms with Gasteiger partial charge < -0.3 is 9.84 Å². The van der Waals surface area contributed by atoms with Crippen molar-refractivity contribution in [3.05, 3.63) is 0 Å². The number of hydrogen-bond donors (Lipinski definition) is 1. The lowest BCUT2D eigenvalue weighted by atomic mass is 9.84. The molecule has 0 aliphatic heterocycles. The van der Waals surface area contributed by atoms with Crippen molar-refractivity contribution in [1.82, 2.24) is 0 Å². The molecule has 84 valence electrons. The van der Waals surface area contributed by atoms with Crippen LogP contribution in [-0.2, 0) is 9.53 Å². The van der Waals surface area contributed by atoms with Crippen LogP contribution in [0.3, 0.4) is 0 Å². The summed E-state index contributed by atoms with van der Waals surface area (Å²) in [5.74, 6) is -0.142. The molecular formula is C11H22O3. The third-order valence-corrected chi connectivity index (χ3v) is 2.36. The van der Waals surface area contributed by atoms with Crippen molar-refractivity contribution >= 4 is 5.97 Å². The molecule has 0 atom stereocenters. The van der Waals surface area contributed by atoms with Crippen LogP contribution in [0.25, 0.3) is 0 Å². The van der Waals surface area contributed by atoms with Crippen molar-refractivity contribution in [2.75, 3.05) is 13.7 Å². The molecule has 0 radical (unpaired) electrons. The van der Waals surface area contributed by atoms with E-state index in [0.717, 1.165) is 25.7 Å². The first-order valence-electron chi connectivity index (χ1n) is 5.19. The van der Waals surface area contributed by atoms with Crippen LogP contribution in [-0.4, -0.2) is 24.8 Å². The van der Waals surface area contributed by atoms with Gasteiger partial charge in [-0.25, -0.2) is 0 Å². The third-order valence-electron chi connectivity index (χ3n) is 2.36. The molecule has 14 heavy (non-hydrogen) atoms. The van der Waals surface area contributed by atoms with Crippen LogP contribution in [0.5, 0.6) is 0 Å². The second-order valence-electron chi connectivity index (χ2n) is 4.45. The van der Waals surface area contributed by atoms with Gasteiger partial charge in [0.1, 0.15) is 0 Å². The van der Waals surface area contributed by atoms with Crippen molar-refractivity contribution in [2.45, 2.75) is 46.0 Å². The van der Waals surface area contributed by atoms with Crippen LogP contribution >= 0.6 is 0 Å². The highest BCUT2D eigenvalue weighted by Crippen LogP contribution is 2.27. The maximum Gasteiger partial charge on any atom is 0.306 e. The number of esters is 1. The summed E-state index contributed by atoms with van der Waals surface area (Å²) in [7, 11) is 1.42. The molecule has 3 heteroatoms. The van der Waals surface area contributed by atoms with Gasteiger partial charge in [-0.2, -0.15) is 0 Å². The molecule has 0 heterocycles. The van der Waals surface area contributed by atoms with Gasteiger partial charge in [-0.05, 0) is 18.3 Å². The van der Waals surface area contributed by atoms with E-state index in [1.165, 1.54) is 7.11 Å². The Kier molecular flexibility index (Phi) is 6.54. The van der Waals surface area contributed by atoms with E-state index >= 15 is 0 Å². The highest BCUT2D eigenvalue weighted by Gasteiger charge is 2.21. The average molecular weight is 202 g/mol. The minimum atomic E-state index is -0.142. The van der Waals surface area contributed by atoms with Crippen LogP contribution in [0.4, 0.5) is 0 Å². The van der Waals surface area contributed by atoms with Gasteiger partial charge in [0.2, 0.25) is 0 Å². The average Bonchev–Trinajstić information content (AvgIpc) is 2.12. The van der Waals surface area contributed by atoms with Crippen LogP contribution in [0, 0.1) is 5.41 Å². The van der Waals surface area contributed by atoms with Gasteiger partial charge in [0.05, 0.1) is 13.5 Å². The predicted octanol–water partition coefficient (Wildman–Crippen LogP) is 2.13. The smallest absolute Gasteiger partial charge is 0.306 e. The molecule has 0 amide bonds. The zero-order chi connectivity index (χ0) is 11.0. The summed E-state index contributed by atoms with van der Waals surface area (Å²) < 4.78 is 4.63. The summed E-state index contributed by atoms with van der Waals surface area (Å²) in [5.41, 5.74) is 0.0164. The van der Waals surface area contributed by atoms with Gasteiger partial charge in [0.25, 0.3) is 0 Å². The number of aliphatic hydroxyl groups is 1. The van der Waals surface area contributed by atoms with E-state index in [0.29, 0.717) is 6.42 Å². The first-order valence-corrected chi connectivity index (χ1v) is 5.19. The number of ether oxygens (including phenoxy) is 1. The number of rotatable bonds is 7. The Morgan fingerprint density at radius 2 is 1.93 bits per heavy atom. The quantitative estimate of drug-likeness (QED) is 0.508. The summed E-state index contributed by atoms with van der Waals surface area (Å²) in [6.07, 6.45) is 4.42. The molecule has 0 aromatic carbocycles. The Balaban J connectivity index is 3.66. The normalized spacial score (nSPS) is 11.4. The lowest BCUT2D eigenvalue weighted by molar-refractivity contribution is -0.143.